The molecule has 1 aliphatic carbocycles. The minimum absolute atomic E-state index is 0. The van der Waals surface area contributed by atoms with E-state index in [0.29, 0.717) is 0 Å². The second kappa shape index (κ2) is 4.07. The van der Waals surface area contributed by atoms with Gasteiger partial charge in [0.05, 0.1) is 0 Å². The molecule has 0 spiro atoms. The quantitative estimate of drug-likeness (QED) is 0.683. The van der Waals surface area contributed by atoms with Crippen LogP contribution in [0.1, 0.15) is 17.5 Å². The molecule has 1 aliphatic rings. The van der Waals surface area contributed by atoms with Crippen LogP contribution in [0.4, 0.5) is 4.39 Å². The molecule has 0 unspecified atom stereocenters. The zero-order chi connectivity index (χ0) is 8.55. The van der Waals surface area contributed by atoms with Crippen molar-refractivity contribution in [3.05, 3.63) is 35.1 Å². The maximum atomic E-state index is 12.8. The van der Waals surface area contributed by atoms with E-state index in [9.17, 15) is 4.39 Å². The number of hydrogen-bond acceptors (Lipinski definition) is 1. The topological polar surface area (TPSA) is 26.0 Å². The van der Waals surface area contributed by atoms with E-state index in [1.165, 1.54) is 11.6 Å². The van der Waals surface area contributed by atoms with E-state index in [1.807, 2.05) is 6.07 Å². The molecule has 0 fully saturated rings. The van der Waals surface area contributed by atoms with Gasteiger partial charge in [-0.05, 0) is 42.5 Å². The zero-order valence-corrected chi connectivity index (χ0v) is 8.11. The van der Waals surface area contributed by atoms with Gasteiger partial charge in [-0.2, -0.15) is 0 Å². The predicted molar refractivity (Wildman–Crippen MR) is 53.6 cm³/mol. The van der Waals surface area contributed by atoms with Crippen LogP contribution in [0.2, 0.25) is 0 Å². The van der Waals surface area contributed by atoms with Crippen molar-refractivity contribution in [2.24, 2.45) is 5.73 Å². The number of nitrogens with two attached hydrogens (primary N) is 1. The lowest BCUT2D eigenvalue weighted by molar-refractivity contribution is 0.566. The molecule has 0 saturated carbocycles. The van der Waals surface area contributed by atoms with Crippen LogP contribution in [-0.2, 0) is 12.8 Å². The molecule has 2 rings (SSSR count). The summed E-state index contributed by atoms with van der Waals surface area (Å²) in [4.78, 5) is 0. The van der Waals surface area contributed by atoms with Gasteiger partial charge in [0.15, 0.2) is 0 Å². The highest BCUT2D eigenvalue weighted by atomic mass is 35.5. The molecular formula is C10H13ClFN. The lowest BCUT2D eigenvalue weighted by atomic mass is 9.89. The summed E-state index contributed by atoms with van der Waals surface area (Å²) in [5, 5.41) is 0. The Bertz CT molecular complexity index is 301. The van der Waals surface area contributed by atoms with E-state index in [1.54, 1.807) is 6.07 Å². The summed E-state index contributed by atoms with van der Waals surface area (Å²) in [6, 6.07) is 5.25. The van der Waals surface area contributed by atoms with Crippen molar-refractivity contribution in [3.8, 4) is 0 Å². The first-order valence-electron chi connectivity index (χ1n) is 4.28. The Balaban J connectivity index is 0.000000845. The first-order chi connectivity index (χ1) is 5.75. The fourth-order valence-electron chi connectivity index (χ4n) is 1.75. The largest absolute Gasteiger partial charge is 0.327 e. The van der Waals surface area contributed by atoms with Crippen LogP contribution in [0.15, 0.2) is 18.2 Å². The van der Waals surface area contributed by atoms with Crippen LogP contribution >= 0.6 is 12.4 Å². The van der Waals surface area contributed by atoms with Crippen LogP contribution in [0, 0.1) is 5.82 Å². The third-order valence-corrected chi connectivity index (χ3v) is 2.43. The number of benzene rings is 1. The minimum Gasteiger partial charge on any atom is -0.327 e. The zero-order valence-electron chi connectivity index (χ0n) is 7.29. The minimum atomic E-state index is -0.135. The molecule has 13 heavy (non-hydrogen) atoms. The third-order valence-electron chi connectivity index (χ3n) is 2.43. The molecule has 0 heterocycles. The van der Waals surface area contributed by atoms with E-state index < -0.39 is 0 Å². The van der Waals surface area contributed by atoms with Crippen LogP contribution in [0.25, 0.3) is 0 Å². The number of aryl methyl sites for hydroxylation is 1. The summed E-state index contributed by atoms with van der Waals surface area (Å²) in [6.45, 7) is 0. The van der Waals surface area contributed by atoms with Crippen molar-refractivity contribution in [1.29, 1.82) is 0 Å². The van der Waals surface area contributed by atoms with Gasteiger partial charge in [-0.3, -0.25) is 0 Å². The van der Waals surface area contributed by atoms with Gasteiger partial charge in [0.2, 0.25) is 0 Å². The van der Waals surface area contributed by atoms with Crippen LogP contribution in [-0.4, -0.2) is 6.04 Å². The van der Waals surface area contributed by atoms with Crippen LogP contribution in [0.3, 0.4) is 0 Å². The molecule has 1 atom stereocenters. The Hall–Kier alpha value is -0.600. The fraction of sp³-hybridized carbons (Fsp3) is 0.400. The highest BCUT2D eigenvalue weighted by Crippen LogP contribution is 2.20. The van der Waals surface area contributed by atoms with Gasteiger partial charge < -0.3 is 5.73 Å². The van der Waals surface area contributed by atoms with Crippen LogP contribution < -0.4 is 5.73 Å². The standard InChI is InChI=1S/C10H12FN.ClH/c11-9-3-1-8-6-10(12)4-2-7(8)5-9;/h1,3,5,10H,2,4,6,12H2;1H/t10-;/m1./s1. The molecule has 0 aromatic heterocycles. The maximum absolute atomic E-state index is 12.8. The Kier molecular flexibility index (Phi) is 3.28. The second-order valence-corrected chi connectivity index (χ2v) is 3.42. The van der Waals surface area contributed by atoms with Gasteiger partial charge >= 0.3 is 0 Å². The molecule has 0 amide bonds. The summed E-state index contributed by atoms with van der Waals surface area (Å²) in [5.41, 5.74) is 8.15. The SMILES string of the molecule is Cl.N[C@@H]1CCc2cc(F)ccc2C1. The highest BCUT2D eigenvalue weighted by molar-refractivity contribution is 5.85. The summed E-state index contributed by atoms with van der Waals surface area (Å²) in [6.07, 6.45) is 2.81. The molecule has 1 aromatic carbocycles. The summed E-state index contributed by atoms with van der Waals surface area (Å²) in [5.74, 6) is -0.135. The molecule has 0 aliphatic heterocycles. The van der Waals surface area contributed by atoms with Gasteiger partial charge in [0, 0.05) is 6.04 Å². The van der Waals surface area contributed by atoms with Crippen molar-refractivity contribution < 1.29 is 4.39 Å². The number of rotatable bonds is 0. The maximum Gasteiger partial charge on any atom is 0.123 e. The van der Waals surface area contributed by atoms with E-state index in [-0.39, 0.29) is 24.3 Å². The van der Waals surface area contributed by atoms with Gasteiger partial charge in [-0.25, -0.2) is 4.39 Å². The lowest BCUT2D eigenvalue weighted by Crippen LogP contribution is -2.27. The van der Waals surface area contributed by atoms with Crippen molar-refractivity contribution in [1.82, 2.24) is 0 Å². The summed E-state index contributed by atoms with van der Waals surface area (Å²) in [7, 11) is 0. The Morgan fingerprint density at radius 3 is 2.85 bits per heavy atom. The van der Waals surface area contributed by atoms with Gasteiger partial charge in [-0.15, -0.1) is 12.4 Å². The van der Waals surface area contributed by atoms with Gasteiger partial charge in [0.1, 0.15) is 5.82 Å². The first-order valence-corrected chi connectivity index (χ1v) is 4.28. The third kappa shape index (κ3) is 2.20. The number of halogens is 2. The van der Waals surface area contributed by atoms with E-state index in [0.717, 1.165) is 24.8 Å². The average molecular weight is 202 g/mol. The first kappa shape index (κ1) is 10.5. The monoisotopic (exact) mass is 201 g/mol. The molecule has 72 valence electrons. The van der Waals surface area contributed by atoms with Crippen molar-refractivity contribution in [3.63, 3.8) is 0 Å². The summed E-state index contributed by atoms with van der Waals surface area (Å²) >= 11 is 0. The van der Waals surface area contributed by atoms with E-state index in [4.69, 9.17) is 5.73 Å². The Morgan fingerprint density at radius 2 is 2.08 bits per heavy atom. The van der Waals surface area contributed by atoms with E-state index in [2.05, 4.69) is 0 Å². The molecule has 0 bridgehead atoms. The predicted octanol–water partition coefficient (Wildman–Crippen LogP) is 2.06. The molecular weight excluding hydrogens is 189 g/mol. The average Bonchev–Trinajstić information content (AvgIpc) is 2.05. The summed E-state index contributed by atoms with van der Waals surface area (Å²) < 4.78 is 12.8. The van der Waals surface area contributed by atoms with Crippen LogP contribution in [0.5, 0.6) is 0 Å². The Labute approximate surface area is 83.5 Å². The fourth-order valence-corrected chi connectivity index (χ4v) is 1.75. The lowest BCUT2D eigenvalue weighted by Gasteiger charge is -2.20. The van der Waals surface area contributed by atoms with Gasteiger partial charge in [-0.1, -0.05) is 6.07 Å². The smallest absolute Gasteiger partial charge is 0.123 e. The second-order valence-electron chi connectivity index (χ2n) is 3.42. The van der Waals surface area contributed by atoms with Crippen molar-refractivity contribution in [2.75, 3.05) is 0 Å². The number of fused-ring (bicyclic) bond motifs is 1. The molecule has 3 heteroatoms. The Morgan fingerprint density at radius 1 is 1.31 bits per heavy atom. The van der Waals surface area contributed by atoms with Gasteiger partial charge in [0.25, 0.3) is 0 Å². The highest BCUT2D eigenvalue weighted by Gasteiger charge is 2.15. The molecule has 2 N–H and O–H groups in total. The van der Waals surface area contributed by atoms with Crippen molar-refractivity contribution in [2.45, 2.75) is 25.3 Å². The molecule has 1 nitrogen and oxygen atoms in total. The van der Waals surface area contributed by atoms with E-state index >= 15 is 0 Å². The number of hydrogen-bond donors (Lipinski definition) is 1. The normalized spacial score (nSPS) is 20.3. The molecule has 0 saturated heterocycles. The van der Waals surface area contributed by atoms with Crippen molar-refractivity contribution >= 4 is 12.4 Å². The molecule has 1 aromatic rings. The molecule has 0 radical (unpaired) electrons.